The molecule has 1 aromatic heterocycles. The van der Waals surface area contributed by atoms with Gasteiger partial charge in [-0.25, -0.2) is 0 Å². The second kappa shape index (κ2) is 6.60. The van der Waals surface area contributed by atoms with Crippen molar-refractivity contribution < 1.29 is 18.8 Å². The standard InChI is InChI=1S/C18H13BrN2O4/c19-13-4-1-11(2-5-13)18(22)20-9-14-8-16(25-21-14)12-3-6-15-17(7-12)24-10-23-15/h1-8H,9-10H2,(H,20,22). The molecule has 1 N–H and O–H groups in total. The summed E-state index contributed by atoms with van der Waals surface area (Å²) in [4.78, 5) is 12.1. The first-order valence-electron chi connectivity index (χ1n) is 7.58. The Hall–Kier alpha value is -2.80. The number of halogens is 1. The van der Waals surface area contributed by atoms with Gasteiger partial charge in [-0.05, 0) is 42.5 Å². The SMILES string of the molecule is O=C(NCc1cc(-c2ccc3c(c2)OCO3)on1)c1ccc(Br)cc1. The van der Waals surface area contributed by atoms with E-state index in [2.05, 4.69) is 26.4 Å². The van der Waals surface area contributed by atoms with Gasteiger partial charge in [0.1, 0.15) is 5.69 Å². The minimum atomic E-state index is -0.167. The Morgan fingerprint density at radius 2 is 1.88 bits per heavy atom. The van der Waals surface area contributed by atoms with E-state index < -0.39 is 0 Å². The van der Waals surface area contributed by atoms with Gasteiger partial charge in [0.15, 0.2) is 17.3 Å². The van der Waals surface area contributed by atoms with Gasteiger partial charge in [-0.3, -0.25) is 4.79 Å². The number of amides is 1. The van der Waals surface area contributed by atoms with E-state index in [0.29, 0.717) is 28.5 Å². The summed E-state index contributed by atoms with van der Waals surface area (Å²) in [5.74, 6) is 1.83. The van der Waals surface area contributed by atoms with Crippen molar-refractivity contribution in [3.05, 3.63) is 64.3 Å². The van der Waals surface area contributed by atoms with E-state index >= 15 is 0 Å². The molecule has 4 rings (SSSR count). The van der Waals surface area contributed by atoms with Crippen LogP contribution in [0.1, 0.15) is 16.1 Å². The summed E-state index contributed by atoms with van der Waals surface area (Å²) in [6.07, 6.45) is 0. The molecular weight excluding hydrogens is 388 g/mol. The number of nitrogens with zero attached hydrogens (tertiary/aromatic N) is 1. The molecule has 0 saturated carbocycles. The molecule has 0 fully saturated rings. The van der Waals surface area contributed by atoms with E-state index in [1.807, 2.05) is 30.3 Å². The first-order chi connectivity index (χ1) is 12.2. The zero-order chi connectivity index (χ0) is 17.2. The molecule has 1 aliphatic heterocycles. The van der Waals surface area contributed by atoms with Gasteiger partial charge in [-0.15, -0.1) is 0 Å². The predicted molar refractivity (Wildman–Crippen MR) is 93.4 cm³/mol. The lowest BCUT2D eigenvalue weighted by molar-refractivity contribution is 0.0950. The smallest absolute Gasteiger partial charge is 0.251 e. The fraction of sp³-hybridized carbons (Fsp3) is 0.111. The number of rotatable bonds is 4. The summed E-state index contributed by atoms with van der Waals surface area (Å²) < 4.78 is 16.9. The lowest BCUT2D eigenvalue weighted by Crippen LogP contribution is -2.22. The van der Waals surface area contributed by atoms with Gasteiger partial charge in [-0.2, -0.15) is 0 Å². The Morgan fingerprint density at radius 1 is 1.08 bits per heavy atom. The molecule has 0 spiro atoms. The lowest BCUT2D eigenvalue weighted by Gasteiger charge is -2.02. The van der Waals surface area contributed by atoms with Crippen molar-refractivity contribution in [1.29, 1.82) is 0 Å². The maximum atomic E-state index is 12.1. The monoisotopic (exact) mass is 400 g/mol. The first-order valence-corrected chi connectivity index (χ1v) is 8.38. The molecule has 0 saturated heterocycles. The third-order valence-corrected chi connectivity index (χ3v) is 4.28. The normalized spacial score (nSPS) is 12.2. The van der Waals surface area contributed by atoms with Crippen LogP contribution in [0.15, 0.2) is 57.5 Å². The first kappa shape index (κ1) is 15.7. The highest BCUT2D eigenvalue weighted by atomic mass is 79.9. The number of nitrogens with one attached hydrogen (secondary N) is 1. The second-order valence-electron chi connectivity index (χ2n) is 5.44. The Bertz CT molecular complexity index is 921. The molecule has 7 heteroatoms. The van der Waals surface area contributed by atoms with Crippen LogP contribution in [0.3, 0.4) is 0 Å². The molecule has 2 aromatic carbocycles. The van der Waals surface area contributed by atoms with Crippen LogP contribution in [-0.4, -0.2) is 17.9 Å². The van der Waals surface area contributed by atoms with Crippen molar-refractivity contribution >= 4 is 21.8 Å². The minimum absolute atomic E-state index is 0.167. The van der Waals surface area contributed by atoms with Crippen LogP contribution in [0, 0.1) is 0 Å². The lowest BCUT2D eigenvalue weighted by atomic mass is 10.1. The number of aromatic nitrogens is 1. The highest BCUT2D eigenvalue weighted by molar-refractivity contribution is 9.10. The number of benzene rings is 2. The van der Waals surface area contributed by atoms with Gasteiger partial charge in [-0.1, -0.05) is 21.1 Å². The van der Waals surface area contributed by atoms with Gasteiger partial charge in [0.05, 0.1) is 6.54 Å². The van der Waals surface area contributed by atoms with Gasteiger partial charge in [0.2, 0.25) is 6.79 Å². The second-order valence-corrected chi connectivity index (χ2v) is 6.36. The van der Waals surface area contributed by atoms with Gasteiger partial charge in [0.25, 0.3) is 5.91 Å². The maximum Gasteiger partial charge on any atom is 0.251 e. The molecule has 1 aliphatic rings. The number of carbonyl (C=O) groups excluding carboxylic acids is 1. The zero-order valence-corrected chi connectivity index (χ0v) is 14.6. The Kier molecular flexibility index (Phi) is 4.15. The van der Waals surface area contributed by atoms with Crippen molar-refractivity contribution in [2.75, 3.05) is 6.79 Å². The Morgan fingerprint density at radius 3 is 2.72 bits per heavy atom. The molecule has 25 heavy (non-hydrogen) atoms. The largest absolute Gasteiger partial charge is 0.454 e. The van der Waals surface area contributed by atoms with Crippen LogP contribution < -0.4 is 14.8 Å². The average molecular weight is 401 g/mol. The summed E-state index contributed by atoms with van der Waals surface area (Å²) in [7, 11) is 0. The summed E-state index contributed by atoms with van der Waals surface area (Å²) in [5, 5.41) is 6.82. The summed E-state index contributed by atoms with van der Waals surface area (Å²) in [6.45, 7) is 0.505. The van der Waals surface area contributed by atoms with Crippen molar-refractivity contribution in [3.63, 3.8) is 0 Å². The molecule has 126 valence electrons. The molecular formula is C18H13BrN2O4. The fourth-order valence-electron chi connectivity index (χ4n) is 2.46. The number of fused-ring (bicyclic) bond motifs is 1. The Labute approximate surface area is 151 Å². The van der Waals surface area contributed by atoms with E-state index in [0.717, 1.165) is 10.0 Å². The highest BCUT2D eigenvalue weighted by Crippen LogP contribution is 2.35. The molecule has 0 radical (unpaired) electrons. The molecule has 2 heterocycles. The van der Waals surface area contributed by atoms with E-state index in [4.69, 9.17) is 14.0 Å². The van der Waals surface area contributed by atoms with Crippen molar-refractivity contribution in [2.24, 2.45) is 0 Å². The van der Waals surface area contributed by atoms with E-state index in [-0.39, 0.29) is 19.2 Å². The summed E-state index contributed by atoms with van der Waals surface area (Å²) in [5.41, 5.74) is 2.06. The van der Waals surface area contributed by atoms with E-state index in [1.54, 1.807) is 18.2 Å². The number of hydrogen-bond donors (Lipinski definition) is 1. The van der Waals surface area contributed by atoms with Crippen LogP contribution >= 0.6 is 15.9 Å². The van der Waals surface area contributed by atoms with Gasteiger partial charge < -0.3 is 19.3 Å². The topological polar surface area (TPSA) is 73.6 Å². The highest BCUT2D eigenvalue weighted by Gasteiger charge is 2.16. The van der Waals surface area contributed by atoms with Crippen LogP contribution in [0.4, 0.5) is 0 Å². The third-order valence-electron chi connectivity index (χ3n) is 3.75. The van der Waals surface area contributed by atoms with Crippen LogP contribution in [0.5, 0.6) is 11.5 Å². The van der Waals surface area contributed by atoms with Gasteiger partial charge in [0, 0.05) is 21.7 Å². The average Bonchev–Trinajstić information content (AvgIpc) is 3.28. The predicted octanol–water partition coefficient (Wildman–Crippen LogP) is 3.76. The molecule has 0 unspecified atom stereocenters. The molecule has 6 nitrogen and oxygen atoms in total. The maximum absolute atomic E-state index is 12.1. The molecule has 1 amide bonds. The quantitative estimate of drug-likeness (QED) is 0.721. The third kappa shape index (κ3) is 3.36. The number of ether oxygens (including phenoxy) is 2. The fourth-order valence-corrected chi connectivity index (χ4v) is 2.72. The van der Waals surface area contributed by atoms with Crippen molar-refractivity contribution in [1.82, 2.24) is 10.5 Å². The van der Waals surface area contributed by atoms with Crippen LogP contribution in [0.25, 0.3) is 11.3 Å². The zero-order valence-electron chi connectivity index (χ0n) is 13.0. The summed E-state index contributed by atoms with van der Waals surface area (Å²) >= 11 is 3.34. The van der Waals surface area contributed by atoms with E-state index in [1.165, 1.54) is 0 Å². The number of hydrogen-bond acceptors (Lipinski definition) is 5. The van der Waals surface area contributed by atoms with E-state index in [9.17, 15) is 4.79 Å². The molecule has 0 aliphatic carbocycles. The number of carbonyl (C=O) groups is 1. The van der Waals surface area contributed by atoms with Crippen molar-refractivity contribution in [2.45, 2.75) is 6.54 Å². The van der Waals surface area contributed by atoms with Crippen molar-refractivity contribution in [3.8, 4) is 22.8 Å². The molecule has 3 aromatic rings. The summed E-state index contributed by atoms with van der Waals surface area (Å²) in [6, 6.07) is 14.5. The molecule has 0 bridgehead atoms. The molecule has 0 atom stereocenters. The van der Waals surface area contributed by atoms with Gasteiger partial charge >= 0.3 is 0 Å². The Balaban J connectivity index is 1.43. The minimum Gasteiger partial charge on any atom is -0.454 e. The van der Waals surface area contributed by atoms with Crippen LogP contribution in [-0.2, 0) is 6.54 Å². The van der Waals surface area contributed by atoms with Crippen LogP contribution in [0.2, 0.25) is 0 Å².